The lowest BCUT2D eigenvalue weighted by Gasteiger charge is -2.38. The standard InChI is InChI=1S/C14H17BrO2/c1-9-4-5-14(7-9)8-12(16)11-6-10(15)2-3-13(11)17-14/h2-3,6,9,12,16H,4-5,7-8H2,1H3/t9?,12-,14?/m1/s1. The number of fused-ring (bicyclic) bond motifs is 1. The molecular weight excluding hydrogens is 280 g/mol. The number of aliphatic hydroxyl groups excluding tert-OH is 1. The lowest BCUT2D eigenvalue weighted by molar-refractivity contribution is -0.0116. The molecule has 92 valence electrons. The molecule has 0 radical (unpaired) electrons. The van der Waals surface area contributed by atoms with Crippen LogP contribution in [0.15, 0.2) is 22.7 Å². The Morgan fingerprint density at radius 2 is 2.24 bits per heavy atom. The summed E-state index contributed by atoms with van der Waals surface area (Å²) in [7, 11) is 0. The number of hydrogen-bond donors (Lipinski definition) is 1. The summed E-state index contributed by atoms with van der Waals surface area (Å²) in [6.07, 6.45) is 3.70. The van der Waals surface area contributed by atoms with Crippen LogP contribution in [0, 0.1) is 5.92 Å². The van der Waals surface area contributed by atoms with Gasteiger partial charge in [-0.3, -0.25) is 0 Å². The number of ether oxygens (including phenoxy) is 1. The minimum Gasteiger partial charge on any atom is -0.487 e. The minimum atomic E-state index is -0.387. The highest BCUT2D eigenvalue weighted by Gasteiger charge is 2.44. The first-order valence-electron chi connectivity index (χ1n) is 6.24. The molecule has 1 aromatic rings. The van der Waals surface area contributed by atoms with Gasteiger partial charge < -0.3 is 9.84 Å². The summed E-state index contributed by atoms with van der Waals surface area (Å²) >= 11 is 3.44. The molecule has 2 unspecified atom stereocenters. The van der Waals surface area contributed by atoms with Gasteiger partial charge in [-0.2, -0.15) is 0 Å². The monoisotopic (exact) mass is 296 g/mol. The molecule has 1 heterocycles. The first kappa shape index (κ1) is 11.5. The van der Waals surface area contributed by atoms with E-state index in [0.29, 0.717) is 5.92 Å². The fourth-order valence-corrected chi connectivity index (χ4v) is 3.62. The second-order valence-corrected chi connectivity index (χ2v) is 6.45. The molecule has 0 amide bonds. The Labute approximate surface area is 110 Å². The third-order valence-corrected chi connectivity index (χ3v) is 4.53. The summed E-state index contributed by atoms with van der Waals surface area (Å²) in [5, 5.41) is 10.3. The SMILES string of the molecule is CC1CCC2(C1)C[C@@H](O)c1cc(Br)ccc1O2. The normalized spacial score (nSPS) is 35.7. The zero-order chi connectivity index (χ0) is 12.0. The van der Waals surface area contributed by atoms with E-state index in [1.165, 1.54) is 6.42 Å². The van der Waals surface area contributed by atoms with Gasteiger partial charge in [0.2, 0.25) is 0 Å². The van der Waals surface area contributed by atoms with Crippen molar-refractivity contribution in [3.05, 3.63) is 28.2 Å². The zero-order valence-electron chi connectivity index (χ0n) is 9.95. The molecule has 1 N–H and O–H groups in total. The van der Waals surface area contributed by atoms with Crippen molar-refractivity contribution in [2.24, 2.45) is 5.92 Å². The molecule has 1 aliphatic heterocycles. The number of benzene rings is 1. The van der Waals surface area contributed by atoms with E-state index in [4.69, 9.17) is 4.74 Å². The molecule has 0 aromatic heterocycles. The Hall–Kier alpha value is -0.540. The smallest absolute Gasteiger partial charge is 0.126 e. The van der Waals surface area contributed by atoms with Gasteiger partial charge in [-0.1, -0.05) is 22.9 Å². The van der Waals surface area contributed by atoms with Crippen molar-refractivity contribution in [3.8, 4) is 5.75 Å². The maximum absolute atomic E-state index is 10.3. The van der Waals surface area contributed by atoms with Crippen LogP contribution in [-0.2, 0) is 0 Å². The van der Waals surface area contributed by atoms with Crippen LogP contribution in [0.2, 0.25) is 0 Å². The van der Waals surface area contributed by atoms with Crippen molar-refractivity contribution in [2.45, 2.75) is 44.3 Å². The van der Waals surface area contributed by atoms with Crippen LogP contribution in [0.25, 0.3) is 0 Å². The van der Waals surface area contributed by atoms with E-state index in [-0.39, 0.29) is 11.7 Å². The second-order valence-electron chi connectivity index (χ2n) is 5.54. The van der Waals surface area contributed by atoms with E-state index in [9.17, 15) is 5.11 Å². The fourth-order valence-electron chi connectivity index (χ4n) is 3.24. The van der Waals surface area contributed by atoms with Gasteiger partial charge >= 0.3 is 0 Å². The van der Waals surface area contributed by atoms with E-state index in [0.717, 1.165) is 35.0 Å². The Balaban J connectivity index is 1.96. The van der Waals surface area contributed by atoms with Gasteiger partial charge in [0, 0.05) is 16.5 Å². The highest BCUT2D eigenvalue weighted by atomic mass is 79.9. The Kier molecular flexibility index (Phi) is 2.71. The molecule has 1 aromatic carbocycles. The van der Waals surface area contributed by atoms with Crippen molar-refractivity contribution in [1.82, 2.24) is 0 Å². The molecule has 1 spiro atoms. The number of halogens is 1. The molecular formula is C14H17BrO2. The van der Waals surface area contributed by atoms with Crippen molar-refractivity contribution >= 4 is 15.9 Å². The third-order valence-electron chi connectivity index (χ3n) is 4.04. The van der Waals surface area contributed by atoms with E-state index < -0.39 is 0 Å². The summed E-state index contributed by atoms with van der Waals surface area (Å²) < 4.78 is 7.19. The van der Waals surface area contributed by atoms with Gasteiger partial charge in [-0.25, -0.2) is 0 Å². The average Bonchev–Trinajstić information content (AvgIpc) is 2.61. The Morgan fingerprint density at radius 1 is 1.41 bits per heavy atom. The van der Waals surface area contributed by atoms with Crippen LogP contribution in [-0.4, -0.2) is 10.7 Å². The molecule has 3 rings (SSSR count). The molecule has 2 nitrogen and oxygen atoms in total. The summed E-state index contributed by atoms with van der Waals surface area (Å²) in [6, 6.07) is 5.90. The summed E-state index contributed by atoms with van der Waals surface area (Å²) in [6.45, 7) is 2.27. The largest absolute Gasteiger partial charge is 0.487 e. The maximum atomic E-state index is 10.3. The van der Waals surface area contributed by atoms with Crippen LogP contribution < -0.4 is 4.74 Å². The molecule has 1 saturated carbocycles. The van der Waals surface area contributed by atoms with E-state index >= 15 is 0 Å². The van der Waals surface area contributed by atoms with Gasteiger partial charge in [0.15, 0.2) is 0 Å². The Morgan fingerprint density at radius 3 is 2.94 bits per heavy atom. The molecule has 0 saturated heterocycles. The molecule has 0 bridgehead atoms. The molecule has 17 heavy (non-hydrogen) atoms. The lowest BCUT2D eigenvalue weighted by Crippen LogP contribution is -2.38. The number of aliphatic hydroxyl groups is 1. The van der Waals surface area contributed by atoms with Gasteiger partial charge in [-0.15, -0.1) is 0 Å². The predicted molar refractivity (Wildman–Crippen MR) is 70.1 cm³/mol. The van der Waals surface area contributed by atoms with Crippen molar-refractivity contribution < 1.29 is 9.84 Å². The third kappa shape index (κ3) is 2.00. The zero-order valence-corrected chi connectivity index (χ0v) is 11.5. The van der Waals surface area contributed by atoms with Gasteiger partial charge in [0.1, 0.15) is 11.4 Å². The van der Waals surface area contributed by atoms with E-state index in [1.807, 2.05) is 18.2 Å². The first-order valence-corrected chi connectivity index (χ1v) is 7.04. The highest BCUT2D eigenvalue weighted by molar-refractivity contribution is 9.10. The van der Waals surface area contributed by atoms with Crippen LogP contribution in [0.4, 0.5) is 0 Å². The second kappa shape index (κ2) is 3.99. The van der Waals surface area contributed by atoms with Crippen molar-refractivity contribution in [2.75, 3.05) is 0 Å². The highest BCUT2D eigenvalue weighted by Crippen LogP contribution is 2.49. The van der Waals surface area contributed by atoms with Crippen molar-refractivity contribution in [3.63, 3.8) is 0 Å². The quantitative estimate of drug-likeness (QED) is 0.788. The molecule has 2 aliphatic rings. The lowest BCUT2D eigenvalue weighted by atomic mass is 9.87. The van der Waals surface area contributed by atoms with Gasteiger partial charge in [0.05, 0.1) is 6.10 Å². The molecule has 3 heteroatoms. The summed E-state index contributed by atoms with van der Waals surface area (Å²) in [5.74, 6) is 1.57. The van der Waals surface area contributed by atoms with E-state index in [2.05, 4.69) is 22.9 Å². The topological polar surface area (TPSA) is 29.5 Å². The average molecular weight is 297 g/mol. The first-order chi connectivity index (χ1) is 8.08. The molecule has 3 atom stereocenters. The minimum absolute atomic E-state index is 0.111. The summed E-state index contributed by atoms with van der Waals surface area (Å²) in [4.78, 5) is 0. The number of hydrogen-bond acceptors (Lipinski definition) is 2. The number of rotatable bonds is 0. The van der Waals surface area contributed by atoms with E-state index in [1.54, 1.807) is 0 Å². The van der Waals surface area contributed by atoms with Gasteiger partial charge in [0.25, 0.3) is 0 Å². The predicted octanol–water partition coefficient (Wildman–Crippen LogP) is 3.82. The van der Waals surface area contributed by atoms with Crippen LogP contribution in [0.5, 0.6) is 5.75 Å². The van der Waals surface area contributed by atoms with Crippen LogP contribution in [0.3, 0.4) is 0 Å². The molecule has 1 aliphatic carbocycles. The van der Waals surface area contributed by atoms with Crippen molar-refractivity contribution in [1.29, 1.82) is 0 Å². The van der Waals surface area contributed by atoms with Crippen LogP contribution >= 0.6 is 15.9 Å². The van der Waals surface area contributed by atoms with Gasteiger partial charge in [-0.05, 0) is 43.4 Å². The maximum Gasteiger partial charge on any atom is 0.126 e. The van der Waals surface area contributed by atoms with Crippen LogP contribution in [0.1, 0.15) is 44.3 Å². The summed E-state index contributed by atoms with van der Waals surface area (Å²) in [5.41, 5.74) is 0.809. The Bertz CT molecular complexity index is 446. The molecule has 1 fully saturated rings. The fraction of sp³-hybridized carbons (Fsp3) is 0.571.